The van der Waals surface area contributed by atoms with Crippen LogP contribution in [0.25, 0.3) is 6.08 Å². The molecule has 148 valence electrons. The van der Waals surface area contributed by atoms with E-state index in [-0.39, 0.29) is 23.3 Å². The maximum absolute atomic E-state index is 12.5. The smallest absolute Gasteiger partial charge is 0.255 e. The van der Waals surface area contributed by atoms with Crippen molar-refractivity contribution in [3.05, 3.63) is 70.1 Å². The summed E-state index contributed by atoms with van der Waals surface area (Å²) in [6, 6.07) is 13.2. The molecule has 0 radical (unpaired) electrons. The van der Waals surface area contributed by atoms with Crippen LogP contribution in [-0.4, -0.2) is 33.6 Å². The number of benzene rings is 2. The highest BCUT2D eigenvalue weighted by molar-refractivity contribution is 7.95. The molecule has 1 amide bonds. The lowest BCUT2D eigenvalue weighted by atomic mass is 10.1. The van der Waals surface area contributed by atoms with Gasteiger partial charge in [0.25, 0.3) is 15.9 Å². The van der Waals surface area contributed by atoms with Crippen LogP contribution in [0.3, 0.4) is 0 Å². The van der Waals surface area contributed by atoms with Gasteiger partial charge in [-0.05, 0) is 48.7 Å². The van der Waals surface area contributed by atoms with Crippen LogP contribution in [0.4, 0.5) is 5.69 Å². The Bertz CT molecular complexity index is 952. The molecule has 6 nitrogen and oxygen atoms in total. The van der Waals surface area contributed by atoms with Crippen LogP contribution in [0.2, 0.25) is 5.02 Å². The molecular weight excluding hydrogens is 400 g/mol. The van der Waals surface area contributed by atoms with Gasteiger partial charge in [-0.2, -0.15) is 0 Å². The molecule has 1 saturated heterocycles. The topological polar surface area (TPSA) is 84.5 Å². The normalized spacial score (nSPS) is 17.0. The Labute approximate surface area is 169 Å². The van der Waals surface area contributed by atoms with Crippen LogP contribution in [0.15, 0.2) is 53.9 Å². The van der Waals surface area contributed by atoms with Gasteiger partial charge < -0.3 is 10.1 Å². The van der Waals surface area contributed by atoms with Crippen LogP contribution >= 0.6 is 11.6 Å². The van der Waals surface area contributed by atoms with E-state index < -0.39 is 10.0 Å². The molecule has 2 aromatic rings. The highest BCUT2D eigenvalue weighted by Crippen LogP contribution is 2.18. The molecule has 2 aromatic carbocycles. The molecule has 0 aliphatic carbocycles. The van der Waals surface area contributed by atoms with Gasteiger partial charge in [0.2, 0.25) is 0 Å². The molecule has 1 aliphatic rings. The fourth-order valence-corrected chi connectivity index (χ4v) is 3.82. The predicted octanol–water partition coefficient (Wildman–Crippen LogP) is 3.66. The third-order valence-corrected chi connectivity index (χ3v) is 5.50. The Morgan fingerprint density at radius 3 is 2.64 bits per heavy atom. The molecular formula is C20H21ClN2O4S. The third kappa shape index (κ3) is 5.82. The van der Waals surface area contributed by atoms with Gasteiger partial charge in [-0.25, -0.2) is 8.42 Å². The number of anilines is 1. The second-order valence-electron chi connectivity index (χ2n) is 6.39. The zero-order chi connectivity index (χ0) is 20.0. The fraction of sp³-hybridized carbons (Fsp3) is 0.250. The van der Waals surface area contributed by atoms with E-state index in [2.05, 4.69) is 10.0 Å². The second kappa shape index (κ2) is 9.23. The van der Waals surface area contributed by atoms with Gasteiger partial charge >= 0.3 is 0 Å². The minimum absolute atomic E-state index is 0.00936. The molecule has 0 bridgehead atoms. The maximum Gasteiger partial charge on any atom is 0.255 e. The summed E-state index contributed by atoms with van der Waals surface area (Å²) in [6.45, 7) is 1.10. The van der Waals surface area contributed by atoms with Crippen molar-refractivity contribution in [1.29, 1.82) is 0 Å². The molecule has 1 fully saturated rings. The van der Waals surface area contributed by atoms with E-state index in [4.69, 9.17) is 16.3 Å². The van der Waals surface area contributed by atoms with E-state index in [1.54, 1.807) is 48.5 Å². The number of carbonyl (C=O) groups excluding carboxylic acids is 1. The first-order chi connectivity index (χ1) is 13.4. The number of nitrogens with one attached hydrogen (secondary N) is 2. The van der Waals surface area contributed by atoms with Gasteiger partial charge in [0, 0.05) is 18.2 Å². The monoisotopic (exact) mass is 420 g/mol. The summed E-state index contributed by atoms with van der Waals surface area (Å²) in [7, 11) is -3.80. The Morgan fingerprint density at radius 2 is 1.93 bits per heavy atom. The number of sulfonamides is 1. The summed E-state index contributed by atoms with van der Waals surface area (Å²) in [4.78, 5) is 12.5. The van der Waals surface area contributed by atoms with Crippen molar-refractivity contribution in [3.8, 4) is 0 Å². The molecule has 0 spiro atoms. The first-order valence-corrected chi connectivity index (χ1v) is 10.8. The summed E-state index contributed by atoms with van der Waals surface area (Å²) in [5.74, 6) is -0.351. The molecule has 1 heterocycles. The number of amides is 1. The lowest BCUT2D eigenvalue weighted by Gasteiger charge is -2.13. The number of ether oxygens (including phenoxy) is 1. The number of rotatable bonds is 7. The minimum atomic E-state index is -3.80. The molecule has 1 aliphatic heterocycles. The summed E-state index contributed by atoms with van der Waals surface area (Å²) < 4.78 is 32.7. The van der Waals surface area contributed by atoms with Crippen LogP contribution in [0, 0.1) is 0 Å². The number of hydrogen-bond acceptors (Lipinski definition) is 4. The Hall–Kier alpha value is -2.35. The Balaban J connectivity index is 1.69. The van der Waals surface area contributed by atoms with Gasteiger partial charge in [-0.3, -0.25) is 9.52 Å². The number of hydrogen-bond donors (Lipinski definition) is 2. The zero-order valence-corrected chi connectivity index (χ0v) is 16.7. The summed E-state index contributed by atoms with van der Waals surface area (Å²) in [5, 5.41) is 4.42. The van der Waals surface area contributed by atoms with Crippen molar-refractivity contribution in [3.63, 3.8) is 0 Å². The second-order valence-corrected chi connectivity index (χ2v) is 8.39. The minimum Gasteiger partial charge on any atom is -0.376 e. The van der Waals surface area contributed by atoms with Crippen molar-refractivity contribution in [1.82, 2.24) is 5.32 Å². The fourth-order valence-electron chi connectivity index (χ4n) is 2.81. The van der Waals surface area contributed by atoms with E-state index in [9.17, 15) is 13.2 Å². The molecule has 0 unspecified atom stereocenters. The SMILES string of the molecule is O=C(NC[C@H]1CCCO1)c1ccccc1NS(=O)(=O)/C=C/c1ccc(Cl)cc1. The van der Waals surface area contributed by atoms with Gasteiger partial charge in [-0.15, -0.1) is 0 Å². The van der Waals surface area contributed by atoms with Gasteiger partial charge in [0.15, 0.2) is 0 Å². The largest absolute Gasteiger partial charge is 0.376 e. The van der Waals surface area contributed by atoms with Gasteiger partial charge in [0.1, 0.15) is 0 Å². The number of para-hydroxylation sites is 1. The average molecular weight is 421 g/mol. The number of halogens is 1. The van der Waals surface area contributed by atoms with Crippen molar-refractivity contribution in [2.24, 2.45) is 0 Å². The molecule has 0 saturated carbocycles. The van der Waals surface area contributed by atoms with E-state index >= 15 is 0 Å². The van der Waals surface area contributed by atoms with Crippen molar-refractivity contribution in [2.45, 2.75) is 18.9 Å². The van der Waals surface area contributed by atoms with Crippen molar-refractivity contribution < 1.29 is 17.9 Å². The molecule has 0 aromatic heterocycles. The van der Waals surface area contributed by atoms with Crippen LogP contribution in [0.1, 0.15) is 28.8 Å². The number of carbonyl (C=O) groups is 1. The lowest BCUT2D eigenvalue weighted by Crippen LogP contribution is -2.32. The summed E-state index contributed by atoms with van der Waals surface area (Å²) >= 11 is 5.82. The molecule has 2 N–H and O–H groups in total. The van der Waals surface area contributed by atoms with Crippen molar-refractivity contribution >= 4 is 39.3 Å². The van der Waals surface area contributed by atoms with Crippen LogP contribution < -0.4 is 10.0 Å². The Morgan fingerprint density at radius 1 is 1.18 bits per heavy atom. The first-order valence-electron chi connectivity index (χ1n) is 8.88. The summed E-state index contributed by atoms with van der Waals surface area (Å²) in [6.07, 6.45) is 3.36. The molecule has 3 rings (SSSR count). The first kappa shape index (κ1) is 20.4. The standard InChI is InChI=1S/C20H21ClN2O4S/c21-16-9-7-15(8-10-16)11-13-28(25,26)23-19-6-2-1-5-18(19)20(24)22-14-17-4-3-12-27-17/h1-2,5-11,13,17,23H,3-4,12,14H2,(H,22,24)/b13-11+/t17-/m1/s1. The third-order valence-electron chi connectivity index (χ3n) is 4.25. The Kier molecular flexibility index (Phi) is 6.72. The molecule has 28 heavy (non-hydrogen) atoms. The highest BCUT2D eigenvalue weighted by Gasteiger charge is 2.19. The maximum atomic E-state index is 12.5. The lowest BCUT2D eigenvalue weighted by molar-refractivity contribution is 0.0858. The van der Waals surface area contributed by atoms with E-state index in [0.717, 1.165) is 18.2 Å². The average Bonchev–Trinajstić information content (AvgIpc) is 3.19. The zero-order valence-electron chi connectivity index (χ0n) is 15.1. The van der Waals surface area contributed by atoms with Crippen LogP contribution in [-0.2, 0) is 14.8 Å². The van der Waals surface area contributed by atoms with E-state index in [0.29, 0.717) is 23.7 Å². The van der Waals surface area contributed by atoms with Crippen LogP contribution in [0.5, 0.6) is 0 Å². The highest BCUT2D eigenvalue weighted by atomic mass is 35.5. The van der Waals surface area contributed by atoms with Crippen molar-refractivity contribution in [2.75, 3.05) is 17.9 Å². The van der Waals surface area contributed by atoms with E-state index in [1.165, 1.54) is 6.08 Å². The van der Waals surface area contributed by atoms with Gasteiger partial charge in [0.05, 0.1) is 22.8 Å². The van der Waals surface area contributed by atoms with E-state index in [1.807, 2.05) is 0 Å². The molecule has 1 atom stereocenters. The van der Waals surface area contributed by atoms with Gasteiger partial charge in [-0.1, -0.05) is 35.9 Å². The quantitative estimate of drug-likeness (QED) is 0.715. The molecule has 8 heteroatoms. The predicted molar refractivity (Wildman–Crippen MR) is 111 cm³/mol. The summed E-state index contributed by atoms with van der Waals surface area (Å²) in [5.41, 5.74) is 1.16.